The molecule has 0 saturated heterocycles. The lowest BCUT2D eigenvalue weighted by molar-refractivity contribution is -0.384. The number of hydrogen-bond acceptors (Lipinski definition) is 8. The van der Waals surface area contributed by atoms with E-state index in [-0.39, 0.29) is 34.5 Å². The fraction of sp³-hybridized carbons (Fsp3) is 0.0500. The van der Waals surface area contributed by atoms with Gasteiger partial charge < -0.3 is 9.15 Å². The third-order valence-corrected chi connectivity index (χ3v) is 5.12. The maximum Gasteiger partial charge on any atom is 0.293 e. The van der Waals surface area contributed by atoms with E-state index in [1.807, 2.05) is 0 Å². The van der Waals surface area contributed by atoms with Crippen LogP contribution in [0.1, 0.15) is 15.6 Å². The molecule has 1 N–H and O–H groups in total. The number of hydrogen-bond donors (Lipinski definition) is 1. The van der Waals surface area contributed by atoms with Crippen LogP contribution in [0, 0.1) is 10.1 Å². The van der Waals surface area contributed by atoms with Crippen LogP contribution >= 0.6 is 22.9 Å². The van der Waals surface area contributed by atoms with Crippen LogP contribution in [0.3, 0.4) is 0 Å². The van der Waals surface area contributed by atoms with Crippen LogP contribution < -0.4 is 10.1 Å². The lowest BCUT2D eigenvalue weighted by atomic mass is 10.1. The second kappa shape index (κ2) is 8.94. The number of halogens is 1. The Balaban J connectivity index is 1.40. The number of nitro groups is 1. The van der Waals surface area contributed by atoms with Crippen molar-refractivity contribution in [3.8, 4) is 17.1 Å². The summed E-state index contributed by atoms with van der Waals surface area (Å²) < 4.78 is 11.1. The number of anilines is 1. The summed E-state index contributed by atoms with van der Waals surface area (Å²) in [5.41, 5.74) is 0.169. The van der Waals surface area contributed by atoms with Crippen LogP contribution in [-0.4, -0.2) is 21.0 Å². The topological polar surface area (TPSA) is 120 Å². The molecule has 31 heavy (non-hydrogen) atoms. The van der Waals surface area contributed by atoms with E-state index in [1.54, 1.807) is 42.5 Å². The predicted molar refractivity (Wildman–Crippen MR) is 114 cm³/mol. The molecule has 0 saturated carbocycles. The van der Waals surface area contributed by atoms with Crippen molar-refractivity contribution in [3.05, 3.63) is 86.6 Å². The number of nitrogens with zero attached hydrogens (tertiary/aromatic N) is 3. The van der Waals surface area contributed by atoms with Gasteiger partial charge in [0.2, 0.25) is 5.13 Å². The number of amides is 1. The van der Waals surface area contributed by atoms with Crippen molar-refractivity contribution in [2.24, 2.45) is 0 Å². The van der Waals surface area contributed by atoms with E-state index in [9.17, 15) is 14.9 Å². The molecule has 0 bridgehead atoms. The fourth-order valence-corrected chi connectivity index (χ4v) is 3.42. The van der Waals surface area contributed by atoms with E-state index in [2.05, 4.69) is 15.5 Å². The Hall–Kier alpha value is -3.76. The third-order valence-electron chi connectivity index (χ3n) is 4.06. The zero-order chi connectivity index (χ0) is 21.8. The van der Waals surface area contributed by atoms with Gasteiger partial charge in [-0.25, -0.2) is 0 Å². The van der Waals surface area contributed by atoms with Gasteiger partial charge in [0, 0.05) is 11.1 Å². The van der Waals surface area contributed by atoms with Gasteiger partial charge in [0.15, 0.2) is 10.8 Å². The van der Waals surface area contributed by atoms with Crippen molar-refractivity contribution >= 4 is 39.7 Å². The quantitative estimate of drug-likeness (QED) is 0.300. The molecule has 9 nitrogen and oxygen atoms in total. The van der Waals surface area contributed by atoms with Crippen molar-refractivity contribution < 1.29 is 18.9 Å². The summed E-state index contributed by atoms with van der Waals surface area (Å²) in [4.78, 5) is 23.1. The fourth-order valence-electron chi connectivity index (χ4n) is 2.64. The highest BCUT2D eigenvalue weighted by Crippen LogP contribution is 2.31. The lowest BCUT2D eigenvalue weighted by Crippen LogP contribution is -2.10. The second-order valence-corrected chi connectivity index (χ2v) is 7.63. The normalized spacial score (nSPS) is 10.6. The van der Waals surface area contributed by atoms with E-state index in [0.717, 1.165) is 11.3 Å². The van der Waals surface area contributed by atoms with Crippen LogP contribution in [0.15, 0.2) is 65.1 Å². The summed E-state index contributed by atoms with van der Waals surface area (Å²) >= 11 is 6.99. The number of aromatic nitrogens is 2. The van der Waals surface area contributed by atoms with Crippen LogP contribution in [0.5, 0.6) is 5.75 Å². The van der Waals surface area contributed by atoms with Gasteiger partial charge in [0.1, 0.15) is 18.1 Å². The zero-order valence-corrected chi connectivity index (χ0v) is 17.2. The smallest absolute Gasteiger partial charge is 0.293 e. The standard InChI is InChI=1S/C20H13ClN4O5S/c21-12-5-7-13(8-6-12)29-11-18-23-24-20(31-18)22-19(26)17-10-9-16(30-17)14-3-1-2-4-15(14)25(27)28/h1-10H,11H2,(H,22,24,26). The van der Waals surface area contributed by atoms with Crippen molar-refractivity contribution in [1.82, 2.24) is 10.2 Å². The number of benzene rings is 2. The molecular weight excluding hydrogens is 444 g/mol. The summed E-state index contributed by atoms with van der Waals surface area (Å²) in [7, 11) is 0. The SMILES string of the molecule is O=C(Nc1nnc(COc2ccc(Cl)cc2)s1)c1ccc(-c2ccccc2[N+](=O)[O-])o1. The number of carbonyl (C=O) groups is 1. The Morgan fingerprint density at radius 1 is 1.13 bits per heavy atom. The van der Waals surface area contributed by atoms with Gasteiger partial charge in [-0.1, -0.05) is 35.1 Å². The Morgan fingerprint density at radius 3 is 2.68 bits per heavy atom. The highest BCUT2D eigenvalue weighted by Gasteiger charge is 2.20. The summed E-state index contributed by atoms with van der Waals surface area (Å²) in [6.07, 6.45) is 0. The summed E-state index contributed by atoms with van der Waals surface area (Å²) in [5, 5.41) is 23.1. The van der Waals surface area contributed by atoms with E-state index in [4.69, 9.17) is 20.8 Å². The molecule has 0 spiro atoms. The van der Waals surface area contributed by atoms with Crippen LogP contribution in [0.4, 0.5) is 10.8 Å². The number of nitro benzene ring substituents is 1. The number of para-hydroxylation sites is 1. The highest BCUT2D eigenvalue weighted by atomic mass is 35.5. The first-order valence-corrected chi connectivity index (χ1v) is 10.0. The first kappa shape index (κ1) is 20.5. The lowest BCUT2D eigenvalue weighted by Gasteiger charge is -2.02. The number of rotatable bonds is 7. The molecule has 4 rings (SSSR count). The van der Waals surface area contributed by atoms with Gasteiger partial charge in [-0.3, -0.25) is 20.2 Å². The Bertz CT molecular complexity index is 1240. The molecule has 0 unspecified atom stereocenters. The molecule has 4 aromatic rings. The summed E-state index contributed by atoms with van der Waals surface area (Å²) in [6.45, 7) is 0.178. The van der Waals surface area contributed by atoms with Crippen LogP contribution in [0.25, 0.3) is 11.3 Å². The van der Waals surface area contributed by atoms with E-state index in [1.165, 1.54) is 18.2 Å². The first-order valence-electron chi connectivity index (χ1n) is 8.85. The highest BCUT2D eigenvalue weighted by molar-refractivity contribution is 7.15. The van der Waals surface area contributed by atoms with Crippen LogP contribution in [0.2, 0.25) is 5.02 Å². The van der Waals surface area contributed by atoms with Gasteiger partial charge in [-0.2, -0.15) is 0 Å². The molecule has 2 aromatic carbocycles. The summed E-state index contributed by atoms with van der Waals surface area (Å²) in [6, 6.07) is 16.0. The molecule has 2 aromatic heterocycles. The van der Waals surface area contributed by atoms with E-state index < -0.39 is 10.8 Å². The number of furan rings is 1. The number of carbonyl (C=O) groups excluding carboxylic acids is 1. The monoisotopic (exact) mass is 456 g/mol. The molecule has 0 aliphatic heterocycles. The molecule has 0 aliphatic rings. The van der Waals surface area contributed by atoms with Crippen molar-refractivity contribution in [2.45, 2.75) is 6.61 Å². The Labute approximate surface area is 184 Å². The van der Waals surface area contributed by atoms with Crippen molar-refractivity contribution in [2.75, 3.05) is 5.32 Å². The summed E-state index contributed by atoms with van der Waals surface area (Å²) in [5.74, 6) is 0.281. The molecule has 156 valence electrons. The largest absolute Gasteiger partial charge is 0.486 e. The molecule has 0 aliphatic carbocycles. The minimum atomic E-state index is -0.550. The van der Waals surface area contributed by atoms with Gasteiger partial charge in [0.05, 0.1) is 10.5 Å². The van der Waals surface area contributed by atoms with Gasteiger partial charge >= 0.3 is 0 Å². The predicted octanol–water partition coefficient (Wildman–Crippen LogP) is 5.19. The maximum absolute atomic E-state index is 12.5. The van der Waals surface area contributed by atoms with E-state index >= 15 is 0 Å². The van der Waals surface area contributed by atoms with Crippen molar-refractivity contribution in [1.29, 1.82) is 0 Å². The molecule has 1 amide bonds. The molecule has 0 atom stereocenters. The van der Waals surface area contributed by atoms with Gasteiger partial charge in [-0.15, -0.1) is 10.2 Å². The second-order valence-electron chi connectivity index (χ2n) is 6.14. The molecule has 0 radical (unpaired) electrons. The molecule has 0 fully saturated rings. The van der Waals surface area contributed by atoms with Gasteiger partial charge in [-0.05, 0) is 42.5 Å². The molecule has 2 heterocycles. The van der Waals surface area contributed by atoms with E-state index in [0.29, 0.717) is 15.8 Å². The Kier molecular flexibility index (Phi) is 5.92. The number of nitrogens with one attached hydrogen (secondary N) is 1. The Morgan fingerprint density at radius 2 is 1.90 bits per heavy atom. The molecular formula is C20H13ClN4O5S. The zero-order valence-electron chi connectivity index (χ0n) is 15.6. The molecule has 11 heteroatoms. The van der Waals surface area contributed by atoms with Gasteiger partial charge in [0.25, 0.3) is 11.6 Å². The first-order chi connectivity index (χ1) is 15.0. The average molecular weight is 457 g/mol. The minimum absolute atomic E-state index is 0.0117. The van der Waals surface area contributed by atoms with Crippen LogP contribution in [-0.2, 0) is 6.61 Å². The van der Waals surface area contributed by atoms with Crippen molar-refractivity contribution in [3.63, 3.8) is 0 Å². The maximum atomic E-state index is 12.5. The third kappa shape index (κ3) is 4.87. The average Bonchev–Trinajstić information content (AvgIpc) is 3.43. The number of ether oxygens (including phenoxy) is 1. The minimum Gasteiger partial charge on any atom is -0.486 e.